The van der Waals surface area contributed by atoms with Crippen LogP contribution in [0.5, 0.6) is 0 Å². The van der Waals surface area contributed by atoms with Gasteiger partial charge in [0.2, 0.25) is 11.1 Å². The predicted octanol–water partition coefficient (Wildman–Crippen LogP) is 0.0956. The lowest BCUT2D eigenvalue weighted by atomic mass is 10.3. The molecule has 106 valence electrons. The number of aromatic amines is 1. The Morgan fingerprint density at radius 2 is 2.50 bits per heavy atom. The molecule has 2 aromatic heterocycles. The minimum atomic E-state index is -0.204. The molecule has 0 radical (unpaired) electrons. The highest BCUT2D eigenvalue weighted by Crippen LogP contribution is 2.36. The number of hydrogen-bond donors (Lipinski definition) is 2. The molecule has 0 bridgehead atoms. The zero-order chi connectivity index (χ0) is 13.9. The van der Waals surface area contributed by atoms with E-state index >= 15 is 0 Å². The van der Waals surface area contributed by atoms with E-state index in [1.54, 1.807) is 4.68 Å². The van der Waals surface area contributed by atoms with E-state index in [1.807, 2.05) is 6.92 Å². The summed E-state index contributed by atoms with van der Waals surface area (Å²) in [6, 6.07) is 0.203. The maximum Gasteiger partial charge on any atom is 0.231 e. The van der Waals surface area contributed by atoms with Gasteiger partial charge in [0, 0.05) is 0 Å². The number of thioether (sulfide) groups is 1. The van der Waals surface area contributed by atoms with Crippen LogP contribution in [0, 0.1) is 0 Å². The van der Waals surface area contributed by atoms with E-state index in [1.165, 1.54) is 18.1 Å². The summed E-state index contributed by atoms with van der Waals surface area (Å²) in [5.41, 5.74) is 0. The molecule has 3 rings (SSSR count). The van der Waals surface area contributed by atoms with Gasteiger partial charge in [0.05, 0.1) is 17.8 Å². The van der Waals surface area contributed by atoms with Gasteiger partial charge in [0.1, 0.15) is 12.2 Å². The summed E-state index contributed by atoms with van der Waals surface area (Å²) in [6.45, 7) is 1.84. The minimum absolute atomic E-state index is 0.0933. The molecule has 2 heterocycles. The number of aromatic nitrogens is 7. The Labute approximate surface area is 118 Å². The smallest absolute Gasteiger partial charge is 0.231 e. The third-order valence-electron chi connectivity index (χ3n) is 2.91. The van der Waals surface area contributed by atoms with Crippen molar-refractivity contribution in [3.8, 4) is 0 Å². The number of nitrogens with zero attached hydrogens (tertiary/aromatic N) is 6. The summed E-state index contributed by atoms with van der Waals surface area (Å²) in [6.07, 6.45) is 3.62. The molecule has 10 heteroatoms. The number of amides is 1. The first-order valence-corrected chi connectivity index (χ1v) is 7.28. The Morgan fingerprint density at radius 1 is 1.65 bits per heavy atom. The number of tetrazole rings is 1. The first-order chi connectivity index (χ1) is 9.74. The SMILES string of the molecule is CC(NC(=O)CSc1nnnn1C1CC1)c1ncn[nH]1. The summed E-state index contributed by atoms with van der Waals surface area (Å²) < 4.78 is 1.79. The zero-order valence-electron chi connectivity index (χ0n) is 10.9. The molecule has 1 amide bonds. The van der Waals surface area contributed by atoms with Crippen LogP contribution < -0.4 is 5.32 Å². The fourth-order valence-electron chi connectivity index (χ4n) is 1.73. The number of carbonyl (C=O) groups excluding carboxylic acids is 1. The van der Waals surface area contributed by atoms with Crippen molar-refractivity contribution in [2.45, 2.75) is 37.0 Å². The van der Waals surface area contributed by atoms with Crippen molar-refractivity contribution < 1.29 is 4.79 Å². The Bertz CT molecular complexity index is 578. The number of rotatable bonds is 6. The van der Waals surface area contributed by atoms with E-state index in [0.717, 1.165) is 12.8 Å². The average Bonchev–Trinajstić information content (AvgIpc) is 2.95. The molecule has 9 nitrogen and oxygen atoms in total. The van der Waals surface area contributed by atoms with E-state index in [-0.39, 0.29) is 17.7 Å². The van der Waals surface area contributed by atoms with Gasteiger partial charge >= 0.3 is 0 Å². The van der Waals surface area contributed by atoms with Crippen molar-refractivity contribution in [2.75, 3.05) is 5.75 Å². The normalized spacial score (nSPS) is 16.1. The maximum absolute atomic E-state index is 11.9. The van der Waals surface area contributed by atoms with Crippen LogP contribution in [-0.2, 0) is 4.79 Å². The second-order valence-electron chi connectivity index (χ2n) is 4.59. The summed E-state index contributed by atoms with van der Waals surface area (Å²) in [4.78, 5) is 15.9. The maximum atomic E-state index is 11.9. The molecule has 1 fully saturated rings. The van der Waals surface area contributed by atoms with E-state index in [0.29, 0.717) is 17.0 Å². The van der Waals surface area contributed by atoms with Crippen LogP contribution in [0.2, 0.25) is 0 Å². The second-order valence-corrected chi connectivity index (χ2v) is 5.53. The van der Waals surface area contributed by atoms with Crippen molar-refractivity contribution in [3.05, 3.63) is 12.2 Å². The van der Waals surface area contributed by atoms with Crippen molar-refractivity contribution in [1.29, 1.82) is 0 Å². The molecule has 1 unspecified atom stereocenters. The third kappa shape index (κ3) is 2.95. The second kappa shape index (κ2) is 5.57. The van der Waals surface area contributed by atoms with Crippen LogP contribution in [0.3, 0.4) is 0 Å². The van der Waals surface area contributed by atoms with Crippen LogP contribution in [-0.4, -0.2) is 47.0 Å². The average molecular weight is 294 g/mol. The molecule has 0 aliphatic heterocycles. The number of hydrogen-bond acceptors (Lipinski definition) is 7. The van der Waals surface area contributed by atoms with E-state index in [2.05, 4.69) is 36.0 Å². The van der Waals surface area contributed by atoms with Crippen molar-refractivity contribution in [2.24, 2.45) is 0 Å². The summed E-state index contributed by atoms with van der Waals surface area (Å²) in [5, 5.41) is 21.5. The molecule has 0 saturated heterocycles. The van der Waals surface area contributed by atoms with Gasteiger partial charge in [-0.1, -0.05) is 11.8 Å². The van der Waals surface area contributed by atoms with Gasteiger partial charge in [-0.3, -0.25) is 9.89 Å². The van der Waals surface area contributed by atoms with Crippen LogP contribution in [0.4, 0.5) is 0 Å². The van der Waals surface area contributed by atoms with Gasteiger partial charge in [-0.25, -0.2) is 9.67 Å². The van der Waals surface area contributed by atoms with Gasteiger partial charge in [0.25, 0.3) is 0 Å². The Balaban J connectivity index is 1.50. The fraction of sp³-hybridized carbons (Fsp3) is 0.600. The Kier molecular flexibility index (Phi) is 3.63. The first-order valence-electron chi connectivity index (χ1n) is 6.29. The molecule has 0 aromatic carbocycles. The molecule has 1 atom stereocenters. The van der Waals surface area contributed by atoms with Gasteiger partial charge in [0.15, 0.2) is 0 Å². The monoisotopic (exact) mass is 294 g/mol. The summed E-state index contributed by atoms with van der Waals surface area (Å²) >= 11 is 1.34. The predicted molar refractivity (Wildman–Crippen MR) is 69.8 cm³/mol. The molecule has 20 heavy (non-hydrogen) atoms. The fourth-order valence-corrected chi connectivity index (χ4v) is 2.49. The molecule has 0 spiro atoms. The van der Waals surface area contributed by atoms with E-state index < -0.39 is 0 Å². The highest BCUT2D eigenvalue weighted by molar-refractivity contribution is 7.99. The lowest BCUT2D eigenvalue weighted by Gasteiger charge is -2.10. The van der Waals surface area contributed by atoms with E-state index in [4.69, 9.17) is 0 Å². The van der Waals surface area contributed by atoms with Crippen molar-refractivity contribution in [3.63, 3.8) is 0 Å². The molecule has 1 saturated carbocycles. The molecular formula is C10H14N8OS. The first kappa shape index (κ1) is 13.0. The van der Waals surface area contributed by atoms with Crippen LogP contribution >= 0.6 is 11.8 Å². The summed E-state index contributed by atoms with van der Waals surface area (Å²) in [7, 11) is 0. The zero-order valence-corrected chi connectivity index (χ0v) is 11.7. The molecular weight excluding hydrogens is 280 g/mol. The molecule has 1 aliphatic rings. The standard InChI is InChI=1S/C10H14N8OS/c1-6(9-11-5-12-14-9)13-8(19)4-20-10-15-16-17-18(10)7-2-3-7/h5-7H,2-4H2,1H3,(H,13,19)(H,11,12,14). The summed E-state index contributed by atoms with van der Waals surface area (Å²) in [5.74, 6) is 0.807. The lowest BCUT2D eigenvalue weighted by molar-refractivity contribution is -0.119. The van der Waals surface area contributed by atoms with Crippen molar-refractivity contribution in [1.82, 2.24) is 40.7 Å². The highest BCUT2D eigenvalue weighted by Gasteiger charge is 2.28. The van der Waals surface area contributed by atoms with Crippen molar-refractivity contribution >= 4 is 17.7 Å². The van der Waals surface area contributed by atoms with Gasteiger partial charge in [-0.15, -0.1) is 5.10 Å². The Hall–Kier alpha value is -1.97. The molecule has 2 aromatic rings. The molecule has 1 aliphatic carbocycles. The third-order valence-corrected chi connectivity index (χ3v) is 3.84. The minimum Gasteiger partial charge on any atom is -0.346 e. The van der Waals surface area contributed by atoms with Gasteiger partial charge in [-0.05, 0) is 30.2 Å². The van der Waals surface area contributed by atoms with Gasteiger partial charge < -0.3 is 5.32 Å². The Morgan fingerprint density at radius 3 is 3.20 bits per heavy atom. The quantitative estimate of drug-likeness (QED) is 0.726. The van der Waals surface area contributed by atoms with Crippen LogP contribution in [0.25, 0.3) is 0 Å². The lowest BCUT2D eigenvalue weighted by Crippen LogP contribution is -2.29. The van der Waals surface area contributed by atoms with Crippen LogP contribution in [0.1, 0.15) is 37.7 Å². The highest BCUT2D eigenvalue weighted by atomic mass is 32.2. The van der Waals surface area contributed by atoms with E-state index in [9.17, 15) is 4.79 Å². The van der Waals surface area contributed by atoms with Crippen LogP contribution in [0.15, 0.2) is 11.5 Å². The van der Waals surface area contributed by atoms with Gasteiger partial charge in [-0.2, -0.15) is 5.10 Å². The number of H-pyrrole nitrogens is 1. The number of nitrogens with one attached hydrogen (secondary N) is 2. The largest absolute Gasteiger partial charge is 0.346 e. The molecule has 2 N–H and O–H groups in total. The topological polar surface area (TPSA) is 114 Å². The number of carbonyl (C=O) groups is 1.